The molecule has 17 heavy (non-hydrogen) atoms. The Bertz CT molecular complexity index is 457. The number of aromatic nitrogens is 2. The van der Waals surface area contributed by atoms with Gasteiger partial charge in [0.1, 0.15) is 0 Å². The van der Waals surface area contributed by atoms with E-state index in [0.717, 1.165) is 17.2 Å². The minimum atomic E-state index is -0.114. The third-order valence-electron chi connectivity index (χ3n) is 1.85. The molecule has 8 heteroatoms. The van der Waals surface area contributed by atoms with Crippen LogP contribution in [-0.4, -0.2) is 35.5 Å². The molecule has 0 aliphatic rings. The van der Waals surface area contributed by atoms with E-state index in [2.05, 4.69) is 25.8 Å². The zero-order valence-electron chi connectivity index (χ0n) is 9.41. The van der Waals surface area contributed by atoms with Gasteiger partial charge < -0.3 is 10.4 Å². The SMILES string of the molecule is CN=C(NC#N)NCCSCc1cc(=O)[nH][nH]1. The van der Waals surface area contributed by atoms with Gasteiger partial charge in [0.2, 0.25) is 5.96 Å². The molecule has 0 atom stereocenters. The fraction of sp³-hybridized carbons (Fsp3) is 0.444. The second-order valence-corrected chi connectivity index (χ2v) is 4.18. The molecule has 1 heterocycles. The van der Waals surface area contributed by atoms with E-state index in [9.17, 15) is 4.79 Å². The topological polar surface area (TPSA) is 109 Å². The average Bonchev–Trinajstić information content (AvgIpc) is 2.73. The number of guanidine groups is 1. The number of H-pyrrole nitrogens is 2. The molecular weight excluding hydrogens is 240 g/mol. The van der Waals surface area contributed by atoms with E-state index < -0.39 is 0 Å². The predicted octanol–water partition coefficient (Wildman–Crippen LogP) is -0.418. The molecule has 1 aromatic rings. The standard InChI is InChI=1S/C9H14N6OS/c1-11-9(13-6-10)12-2-3-17-5-7-4-8(16)15-14-7/h4H,2-3,5H2,1H3,(H2,11,12,13)(H2,14,15,16). The van der Waals surface area contributed by atoms with Crippen molar-refractivity contribution >= 4 is 17.7 Å². The lowest BCUT2D eigenvalue weighted by Gasteiger charge is -2.05. The summed E-state index contributed by atoms with van der Waals surface area (Å²) in [5, 5.41) is 19.1. The number of nitrogens with zero attached hydrogens (tertiary/aromatic N) is 2. The Morgan fingerprint density at radius 3 is 3.06 bits per heavy atom. The summed E-state index contributed by atoms with van der Waals surface area (Å²) in [4.78, 5) is 14.7. The molecule has 7 nitrogen and oxygen atoms in total. The van der Waals surface area contributed by atoms with Crippen LogP contribution in [0.2, 0.25) is 0 Å². The molecule has 0 saturated heterocycles. The van der Waals surface area contributed by atoms with Crippen LogP contribution < -0.4 is 16.2 Å². The number of hydrogen-bond donors (Lipinski definition) is 4. The van der Waals surface area contributed by atoms with Crippen molar-refractivity contribution in [1.29, 1.82) is 5.26 Å². The maximum atomic E-state index is 10.8. The largest absolute Gasteiger partial charge is 0.355 e. The number of hydrogen-bond acceptors (Lipinski definition) is 4. The molecule has 0 fully saturated rings. The van der Waals surface area contributed by atoms with Crippen molar-refractivity contribution in [2.24, 2.45) is 4.99 Å². The highest BCUT2D eigenvalue weighted by atomic mass is 32.2. The van der Waals surface area contributed by atoms with Gasteiger partial charge in [0.25, 0.3) is 5.56 Å². The van der Waals surface area contributed by atoms with Crippen LogP contribution in [0, 0.1) is 11.5 Å². The van der Waals surface area contributed by atoms with Gasteiger partial charge in [-0.15, -0.1) is 0 Å². The van der Waals surface area contributed by atoms with Gasteiger partial charge in [0, 0.05) is 36.9 Å². The van der Waals surface area contributed by atoms with Gasteiger partial charge >= 0.3 is 0 Å². The second-order valence-electron chi connectivity index (χ2n) is 3.07. The molecule has 4 N–H and O–H groups in total. The molecule has 92 valence electrons. The van der Waals surface area contributed by atoms with Crippen LogP contribution in [0.4, 0.5) is 0 Å². The minimum Gasteiger partial charge on any atom is -0.355 e. The number of aliphatic imine (C=N–C) groups is 1. The minimum absolute atomic E-state index is 0.114. The number of aromatic amines is 2. The van der Waals surface area contributed by atoms with E-state index >= 15 is 0 Å². The first-order valence-corrected chi connectivity index (χ1v) is 6.12. The molecule has 0 radical (unpaired) electrons. The summed E-state index contributed by atoms with van der Waals surface area (Å²) in [5.41, 5.74) is 0.761. The summed E-state index contributed by atoms with van der Waals surface area (Å²) in [6.07, 6.45) is 1.79. The monoisotopic (exact) mass is 254 g/mol. The van der Waals surface area contributed by atoms with Crippen molar-refractivity contribution in [3.8, 4) is 6.19 Å². The Kier molecular flexibility index (Phi) is 5.74. The van der Waals surface area contributed by atoms with Gasteiger partial charge in [-0.1, -0.05) is 0 Å². The van der Waals surface area contributed by atoms with Crippen molar-refractivity contribution in [3.63, 3.8) is 0 Å². The van der Waals surface area contributed by atoms with Gasteiger partial charge in [-0.05, 0) is 0 Å². The van der Waals surface area contributed by atoms with Gasteiger partial charge in [-0.2, -0.15) is 17.0 Å². The summed E-state index contributed by atoms with van der Waals surface area (Å²) >= 11 is 1.67. The molecule has 0 saturated carbocycles. The molecule has 0 aliphatic carbocycles. The zero-order valence-corrected chi connectivity index (χ0v) is 10.2. The Labute approximate surface area is 103 Å². The summed E-state index contributed by atoms with van der Waals surface area (Å²) in [5.74, 6) is 2.05. The highest BCUT2D eigenvalue weighted by Gasteiger charge is 1.98. The second kappa shape index (κ2) is 7.40. The third kappa shape index (κ3) is 5.12. The maximum Gasteiger partial charge on any atom is 0.264 e. The fourth-order valence-corrected chi connectivity index (χ4v) is 1.87. The predicted molar refractivity (Wildman–Crippen MR) is 67.7 cm³/mol. The number of thioether (sulfide) groups is 1. The van der Waals surface area contributed by atoms with Crippen LogP contribution in [0.1, 0.15) is 5.69 Å². The van der Waals surface area contributed by atoms with E-state index in [1.165, 1.54) is 6.07 Å². The molecule has 0 amide bonds. The zero-order chi connectivity index (χ0) is 12.5. The van der Waals surface area contributed by atoms with Crippen LogP contribution in [0.15, 0.2) is 15.9 Å². The Morgan fingerprint density at radius 2 is 2.47 bits per heavy atom. The molecule has 1 rings (SSSR count). The molecule has 0 spiro atoms. The molecule has 1 aromatic heterocycles. The molecular formula is C9H14N6OS. The molecule has 0 bridgehead atoms. The van der Waals surface area contributed by atoms with E-state index in [0.29, 0.717) is 12.5 Å². The first-order chi connectivity index (χ1) is 8.26. The summed E-state index contributed by atoms with van der Waals surface area (Å²) in [7, 11) is 1.60. The van der Waals surface area contributed by atoms with Gasteiger partial charge in [0.15, 0.2) is 6.19 Å². The highest BCUT2D eigenvalue weighted by molar-refractivity contribution is 7.98. The van der Waals surface area contributed by atoms with E-state index in [4.69, 9.17) is 5.26 Å². The van der Waals surface area contributed by atoms with Crippen molar-refractivity contribution in [2.75, 3.05) is 19.3 Å². The maximum absolute atomic E-state index is 10.8. The summed E-state index contributed by atoms with van der Waals surface area (Å²) in [6.45, 7) is 0.695. The Morgan fingerprint density at radius 1 is 1.65 bits per heavy atom. The lowest BCUT2D eigenvalue weighted by molar-refractivity contribution is 0.930. The summed E-state index contributed by atoms with van der Waals surface area (Å²) < 4.78 is 0. The van der Waals surface area contributed by atoms with Gasteiger partial charge in [0.05, 0.1) is 0 Å². The molecule has 0 aromatic carbocycles. The van der Waals surface area contributed by atoms with Crippen LogP contribution in [0.25, 0.3) is 0 Å². The van der Waals surface area contributed by atoms with Crippen LogP contribution in [-0.2, 0) is 5.75 Å². The highest BCUT2D eigenvalue weighted by Crippen LogP contribution is 2.06. The third-order valence-corrected chi connectivity index (χ3v) is 2.85. The van der Waals surface area contributed by atoms with E-state index in [-0.39, 0.29) is 5.56 Å². The Balaban J connectivity index is 2.13. The van der Waals surface area contributed by atoms with Crippen molar-refractivity contribution < 1.29 is 0 Å². The molecule has 0 aliphatic heterocycles. The summed E-state index contributed by atoms with van der Waals surface area (Å²) in [6, 6.07) is 1.54. The lowest BCUT2D eigenvalue weighted by Crippen LogP contribution is -2.35. The quantitative estimate of drug-likeness (QED) is 0.188. The first kappa shape index (κ1) is 13.2. The van der Waals surface area contributed by atoms with E-state index in [1.54, 1.807) is 25.0 Å². The molecule has 0 unspecified atom stereocenters. The first-order valence-electron chi connectivity index (χ1n) is 4.96. The smallest absolute Gasteiger partial charge is 0.264 e. The number of rotatable bonds is 5. The van der Waals surface area contributed by atoms with Crippen LogP contribution >= 0.6 is 11.8 Å². The normalized spacial score (nSPS) is 10.9. The van der Waals surface area contributed by atoms with Crippen molar-refractivity contribution in [2.45, 2.75) is 5.75 Å². The van der Waals surface area contributed by atoms with Gasteiger partial charge in [-0.3, -0.25) is 20.2 Å². The van der Waals surface area contributed by atoms with Crippen LogP contribution in [0.5, 0.6) is 0 Å². The lowest BCUT2D eigenvalue weighted by atomic mass is 10.5. The van der Waals surface area contributed by atoms with Gasteiger partial charge in [-0.25, -0.2) is 0 Å². The Hall–Kier alpha value is -1.88. The fourth-order valence-electron chi connectivity index (χ4n) is 1.11. The number of nitriles is 1. The average molecular weight is 254 g/mol. The number of nitrogens with one attached hydrogen (secondary N) is 4. The van der Waals surface area contributed by atoms with E-state index in [1.807, 2.05) is 0 Å². The van der Waals surface area contributed by atoms with Crippen LogP contribution in [0.3, 0.4) is 0 Å². The van der Waals surface area contributed by atoms with Crippen molar-refractivity contribution in [3.05, 3.63) is 22.1 Å². The van der Waals surface area contributed by atoms with Crippen molar-refractivity contribution in [1.82, 2.24) is 20.8 Å².